The lowest BCUT2D eigenvalue weighted by Crippen LogP contribution is -2.18. The summed E-state index contributed by atoms with van der Waals surface area (Å²) in [4.78, 5) is 22.9. The second-order valence-electron chi connectivity index (χ2n) is 3.33. The van der Waals surface area contributed by atoms with Crippen LogP contribution in [0.5, 0.6) is 11.5 Å². The van der Waals surface area contributed by atoms with E-state index < -0.39 is 0 Å². The van der Waals surface area contributed by atoms with Gasteiger partial charge in [0.1, 0.15) is 11.4 Å². The van der Waals surface area contributed by atoms with E-state index in [0.29, 0.717) is 11.5 Å². The number of aromatic nitrogens is 3. The molecule has 0 spiro atoms. The van der Waals surface area contributed by atoms with E-state index in [9.17, 15) is 4.79 Å². The van der Waals surface area contributed by atoms with E-state index in [1.54, 1.807) is 6.07 Å². The van der Waals surface area contributed by atoms with Crippen LogP contribution in [0.2, 0.25) is 0 Å². The van der Waals surface area contributed by atoms with Crippen LogP contribution in [-0.4, -0.2) is 27.9 Å². The Balaban J connectivity index is 2.19. The van der Waals surface area contributed by atoms with Crippen molar-refractivity contribution in [3.8, 4) is 11.5 Å². The highest BCUT2D eigenvalue weighted by molar-refractivity contribution is 5.92. The molecule has 1 amide bonds. The van der Waals surface area contributed by atoms with Crippen LogP contribution in [0.15, 0.2) is 30.7 Å². The molecule has 2 rings (SSSR count). The van der Waals surface area contributed by atoms with Gasteiger partial charge in [-0.1, -0.05) is 0 Å². The van der Waals surface area contributed by atoms with Crippen LogP contribution in [0.1, 0.15) is 10.5 Å². The van der Waals surface area contributed by atoms with E-state index >= 15 is 0 Å². The van der Waals surface area contributed by atoms with Crippen molar-refractivity contribution in [2.45, 2.75) is 0 Å². The largest absolute Gasteiger partial charge is 0.454 e. The molecule has 0 aliphatic rings. The maximum atomic E-state index is 11.4. The van der Waals surface area contributed by atoms with Gasteiger partial charge in [-0.05, 0) is 6.07 Å². The van der Waals surface area contributed by atoms with E-state index in [0.717, 1.165) is 0 Å². The molecule has 2 aromatic rings. The van der Waals surface area contributed by atoms with Crippen LogP contribution in [-0.2, 0) is 0 Å². The second-order valence-corrected chi connectivity index (χ2v) is 3.33. The molecule has 0 aliphatic carbocycles. The molecule has 0 fully saturated rings. The van der Waals surface area contributed by atoms with Gasteiger partial charge in [-0.2, -0.15) is 0 Å². The lowest BCUT2D eigenvalue weighted by Gasteiger charge is -2.05. The molecule has 18 heavy (non-hydrogen) atoms. The number of anilines is 1. The Labute approximate surface area is 103 Å². The van der Waals surface area contributed by atoms with Gasteiger partial charge in [0.15, 0.2) is 5.75 Å². The number of rotatable bonds is 3. The highest BCUT2D eigenvalue weighted by atomic mass is 16.5. The number of hydrogen-bond donors (Lipinski definition) is 2. The van der Waals surface area contributed by atoms with Crippen molar-refractivity contribution in [2.75, 3.05) is 12.8 Å². The minimum Gasteiger partial charge on any atom is -0.454 e. The molecule has 7 heteroatoms. The Morgan fingerprint density at radius 2 is 2.00 bits per heavy atom. The normalized spacial score (nSPS) is 9.83. The first kappa shape index (κ1) is 11.8. The fraction of sp³-hybridized carbons (Fsp3) is 0.0909. The van der Waals surface area contributed by atoms with E-state index in [2.05, 4.69) is 20.3 Å². The molecule has 0 aliphatic heterocycles. The van der Waals surface area contributed by atoms with Crippen LogP contribution in [0.4, 0.5) is 5.95 Å². The third kappa shape index (κ3) is 2.70. The van der Waals surface area contributed by atoms with Crippen LogP contribution in [0.25, 0.3) is 0 Å². The van der Waals surface area contributed by atoms with Crippen molar-refractivity contribution in [1.82, 2.24) is 20.3 Å². The Morgan fingerprint density at radius 3 is 2.67 bits per heavy atom. The molecule has 0 radical (unpaired) electrons. The summed E-state index contributed by atoms with van der Waals surface area (Å²) in [6.45, 7) is 0. The number of pyridine rings is 1. The van der Waals surface area contributed by atoms with Crippen LogP contribution >= 0.6 is 0 Å². The standard InChI is InChI=1S/C11H11N5O2/c1-13-10(17)9-4-7(2-3-14-9)18-8-5-15-11(12)16-6-8/h2-6H,1H3,(H,13,17)(H2,12,15,16). The zero-order chi connectivity index (χ0) is 13.0. The summed E-state index contributed by atoms with van der Waals surface area (Å²) >= 11 is 0. The molecule has 7 nitrogen and oxygen atoms in total. The quantitative estimate of drug-likeness (QED) is 0.821. The summed E-state index contributed by atoms with van der Waals surface area (Å²) < 4.78 is 5.47. The first-order valence-electron chi connectivity index (χ1n) is 5.12. The van der Waals surface area contributed by atoms with Crippen LogP contribution < -0.4 is 15.8 Å². The summed E-state index contributed by atoms with van der Waals surface area (Å²) in [7, 11) is 1.53. The molecule has 0 saturated carbocycles. The third-order valence-corrected chi connectivity index (χ3v) is 2.07. The number of carbonyl (C=O) groups excluding carboxylic acids is 1. The zero-order valence-corrected chi connectivity index (χ0v) is 9.62. The smallest absolute Gasteiger partial charge is 0.269 e. The number of nitrogens with zero attached hydrogens (tertiary/aromatic N) is 3. The first-order valence-corrected chi connectivity index (χ1v) is 5.12. The summed E-state index contributed by atoms with van der Waals surface area (Å²) in [5, 5.41) is 2.48. The Morgan fingerprint density at radius 1 is 1.28 bits per heavy atom. The van der Waals surface area contributed by atoms with Crippen molar-refractivity contribution in [3.63, 3.8) is 0 Å². The molecule has 0 bridgehead atoms. The fourth-order valence-electron chi connectivity index (χ4n) is 1.24. The number of nitrogen functional groups attached to an aromatic ring is 1. The van der Waals surface area contributed by atoms with E-state index in [1.807, 2.05) is 0 Å². The van der Waals surface area contributed by atoms with Gasteiger partial charge in [-0.25, -0.2) is 9.97 Å². The van der Waals surface area contributed by atoms with Crippen molar-refractivity contribution in [1.29, 1.82) is 0 Å². The van der Waals surface area contributed by atoms with E-state index in [4.69, 9.17) is 10.5 Å². The minimum atomic E-state index is -0.283. The maximum absolute atomic E-state index is 11.4. The lowest BCUT2D eigenvalue weighted by molar-refractivity contribution is 0.0958. The molecule has 92 valence electrons. The average molecular weight is 245 g/mol. The monoisotopic (exact) mass is 245 g/mol. The number of nitrogens with two attached hydrogens (primary N) is 1. The Hall–Kier alpha value is -2.70. The predicted octanol–water partition coefficient (Wildman–Crippen LogP) is 0.606. The van der Waals surface area contributed by atoms with Crippen molar-refractivity contribution in [2.24, 2.45) is 0 Å². The van der Waals surface area contributed by atoms with Crippen molar-refractivity contribution < 1.29 is 9.53 Å². The lowest BCUT2D eigenvalue weighted by atomic mass is 10.3. The van der Waals surface area contributed by atoms with Gasteiger partial charge in [-0.3, -0.25) is 9.78 Å². The maximum Gasteiger partial charge on any atom is 0.269 e. The molecule has 0 aromatic carbocycles. The molecule has 0 atom stereocenters. The van der Waals surface area contributed by atoms with Crippen molar-refractivity contribution >= 4 is 11.9 Å². The number of carbonyl (C=O) groups is 1. The van der Waals surface area contributed by atoms with Gasteiger partial charge < -0.3 is 15.8 Å². The molecular weight excluding hydrogens is 234 g/mol. The van der Waals surface area contributed by atoms with Crippen LogP contribution in [0.3, 0.4) is 0 Å². The van der Waals surface area contributed by atoms with Crippen LogP contribution in [0, 0.1) is 0 Å². The molecular formula is C11H11N5O2. The van der Waals surface area contributed by atoms with E-state index in [1.165, 1.54) is 31.7 Å². The summed E-state index contributed by atoms with van der Waals surface area (Å²) in [6.07, 6.45) is 4.38. The Kier molecular flexibility index (Phi) is 3.33. The van der Waals surface area contributed by atoms with Gasteiger partial charge >= 0.3 is 0 Å². The molecule has 0 saturated heterocycles. The molecule has 0 unspecified atom stereocenters. The minimum absolute atomic E-state index is 0.170. The molecule has 3 N–H and O–H groups in total. The highest BCUT2D eigenvalue weighted by Gasteiger charge is 2.06. The van der Waals surface area contributed by atoms with Gasteiger partial charge in [0.2, 0.25) is 5.95 Å². The molecule has 2 heterocycles. The van der Waals surface area contributed by atoms with E-state index in [-0.39, 0.29) is 17.5 Å². The zero-order valence-electron chi connectivity index (χ0n) is 9.62. The van der Waals surface area contributed by atoms with Crippen molar-refractivity contribution in [3.05, 3.63) is 36.4 Å². The number of hydrogen-bond acceptors (Lipinski definition) is 6. The summed E-state index contributed by atoms with van der Waals surface area (Å²) in [5.41, 5.74) is 5.63. The van der Waals surface area contributed by atoms with Gasteiger partial charge in [0.25, 0.3) is 5.91 Å². The Bertz CT molecular complexity index is 556. The van der Waals surface area contributed by atoms with Gasteiger partial charge in [0, 0.05) is 19.3 Å². The van der Waals surface area contributed by atoms with Gasteiger partial charge in [-0.15, -0.1) is 0 Å². The predicted molar refractivity (Wildman–Crippen MR) is 64.1 cm³/mol. The summed E-state index contributed by atoms with van der Waals surface area (Å²) in [6, 6.07) is 3.15. The SMILES string of the molecule is CNC(=O)c1cc(Oc2cnc(N)nc2)ccn1. The number of amides is 1. The topological polar surface area (TPSA) is 103 Å². The average Bonchev–Trinajstić information content (AvgIpc) is 2.41. The third-order valence-electron chi connectivity index (χ3n) is 2.07. The number of ether oxygens (including phenoxy) is 1. The fourth-order valence-corrected chi connectivity index (χ4v) is 1.24. The molecule has 2 aromatic heterocycles. The summed E-state index contributed by atoms with van der Waals surface area (Å²) in [5.74, 6) is 0.785. The van der Waals surface area contributed by atoms with Gasteiger partial charge in [0.05, 0.1) is 12.4 Å². The second kappa shape index (κ2) is 5.09. The number of nitrogens with one attached hydrogen (secondary N) is 1. The highest BCUT2D eigenvalue weighted by Crippen LogP contribution is 2.19. The first-order chi connectivity index (χ1) is 8.69.